The van der Waals surface area contributed by atoms with Gasteiger partial charge in [0.15, 0.2) is 0 Å². The number of aromatic nitrogens is 6. The smallest absolute Gasteiger partial charge is 0.258 e. The molecule has 0 aromatic carbocycles. The Morgan fingerprint density at radius 3 is 2.33 bits per heavy atom. The van der Waals surface area contributed by atoms with E-state index in [9.17, 15) is 0 Å². The van der Waals surface area contributed by atoms with Gasteiger partial charge in [-0.05, 0) is 33.6 Å². The van der Waals surface area contributed by atoms with Crippen molar-refractivity contribution in [1.29, 1.82) is 0 Å². The minimum Gasteiger partial charge on any atom is -0.354 e. The first-order chi connectivity index (χ1) is 10.2. The van der Waals surface area contributed by atoms with Crippen LogP contribution in [0.3, 0.4) is 0 Å². The molecule has 112 valence electrons. The van der Waals surface area contributed by atoms with Crippen molar-refractivity contribution in [2.24, 2.45) is 0 Å². The van der Waals surface area contributed by atoms with Gasteiger partial charge >= 0.3 is 0 Å². The highest BCUT2D eigenvalue weighted by molar-refractivity contribution is 5.40. The molecule has 1 N–H and O–H groups in total. The maximum Gasteiger partial charge on any atom is 0.258 e. The molecule has 2 aromatic rings. The number of hydrogen-bond donors (Lipinski definition) is 1. The summed E-state index contributed by atoms with van der Waals surface area (Å²) in [7, 11) is 0. The van der Waals surface area contributed by atoms with Crippen LogP contribution in [0, 0.1) is 13.8 Å². The molecule has 0 amide bonds. The summed E-state index contributed by atoms with van der Waals surface area (Å²) in [5.41, 5.74) is 0. The molecule has 2 aromatic heterocycles. The van der Waals surface area contributed by atoms with Gasteiger partial charge in [-0.25, -0.2) is 4.98 Å². The van der Waals surface area contributed by atoms with E-state index < -0.39 is 0 Å². The summed E-state index contributed by atoms with van der Waals surface area (Å²) in [4.78, 5) is 20.0. The molecule has 21 heavy (non-hydrogen) atoms. The Labute approximate surface area is 123 Å². The lowest BCUT2D eigenvalue weighted by Crippen LogP contribution is -2.23. The Kier molecular flexibility index (Phi) is 3.68. The van der Waals surface area contributed by atoms with Gasteiger partial charge in [0.2, 0.25) is 11.9 Å². The lowest BCUT2D eigenvalue weighted by molar-refractivity contribution is 0.752. The highest BCUT2D eigenvalue weighted by Gasteiger charge is 2.19. The fourth-order valence-corrected chi connectivity index (χ4v) is 2.45. The van der Waals surface area contributed by atoms with Gasteiger partial charge in [-0.3, -0.25) is 0 Å². The zero-order chi connectivity index (χ0) is 14.8. The summed E-state index contributed by atoms with van der Waals surface area (Å²) >= 11 is 0. The Hall–Kier alpha value is -2.25. The van der Waals surface area contributed by atoms with Gasteiger partial charge in [-0.1, -0.05) is 0 Å². The maximum absolute atomic E-state index is 4.57. The van der Waals surface area contributed by atoms with Crippen LogP contribution in [0.15, 0.2) is 0 Å². The summed E-state index contributed by atoms with van der Waals surface area (Å²) in [6, 6.07) is 0. The van der Waals surface area contributed by atoms with Crippen LogP contribution in [0.2, 0.25) is 0 Å². The van der Waals surface area contributed by atoms with E-state index in [-0.39, 0.29) is 0 Å². The van der Waals surface area contributed by atoms with Crippen LogP contribution in [0.25, 0.3) is 5.95 Å². The van der Waals surface area contributed by atoms with Crippen LogP contribution in [-0.4, -0.2) is 49.4 Å². The minimum atomic E-state index is 0.515. The molecule has 8 nitrogen and oxygen atoms in total. The van der Waals surface area contributed by atoms with Gasteiger partial charge in [-0.2, -0.15) is 19.6 Å². The third-order valence-electron chi connectivity index (χ3n) is 3.40. The molecular formula is C13H20N8. The average Bonchev–Trinajstić information content (AvgIpc) is 3.08. The zero-order valence-electron chi connectivity index (χ0n) is 12.7. The SMILES string of the molecule is CCNc1nc(N2CCCC2)nc(-n2nc(C)nc2C)n1. The van der Waals surface area contributed by atoms with Gasteiger partial charge in [0.1, 0.15) is 11.6 Å². The van der Waals surface area contributed by atoms with E-state index in [1.807, 2.05) is 20.8 Å². The van der Waals surface area contributed by atoms with Gasteiger partial charge in [0, 0.05) is 19.6 Å². The number of anilines is 2. The van der Waals surface area contributed by atoms with Crippen LogP contribution in [-0.2, 0) is 0 Å². The monoisotopic (exact) mass is 288 g/mol. The van der Waals surface area contributed by atoms with E-state index in [0.717, 1.165) is 25.5 Å². The summed E-state index contributed by atoms with van der Waals surface area (Å²) in [6.07, 6.45) is 2.36. The molecule has 0 radical (unpaired) electrons. The van der Waals surface area contributed by atoms with Crippen LogP contribution in [0.5, 0.6) is 0 Å². The minimum absolute atomic E-state index is 0.515. The molecule has 8 heteroatoms. The fourth-order valence-electron chi connectivity index (χ4n) is 2.45. The number of hydrogen-bond acceptors (Lipinski definition) is 7. The van der Waals surface area contributed by atoms with Crippen LogP contribution < -0.4 is 10.2 Å². The van der Waals surface area contributed by atoms with Crippen LogP contribution in [0.4, 0.5) is 11.9 Å². The molecule has 3 rings (SSSR count). The predicted octanol–water partition coefficient (Wildman–Crippen LogP) is 1.10. The summed E-state index contributed by atoms with van der Waals surface area (Å²) in [6.45, 7) is 8.51. The molecule has 1 saturated heterocycles. The fraction of sp³-hybridized carbons (Fsp3) is 0.615. The van der Waals surface area contributed by atoms with Crippen molar-refractivity contribution in [3.63, 3.8) is 0 Å². The van der Waals surface area contributed by atoms with E-state index >= 15 is 0 Å². The van der Waals surface area contributed by atoms with Gasteiger partial charge in [0.05, 0.1) is 0 Å². The first kappa shape index (κ1) is 13.7. The first-order valence-electron chi connectivity index (χ1n) is 7.33. The average molecular weight is 288 g/mol. The Morgan fingerprint density at radius 2 is 1.71 bits per heavy atom. The van der Waals surface area contributed by atoms with Gasteiger partial charge in [-0.15, -0.1) is 5.10 Å². The van der Waals surface area contributed by atoms with E-state index in [4.69, 9.17) is 0 Å². The third-order valence-corrected chi connectivity index (χ3v) is 3.40. The molecule has 0 spiro atoms. The highest BCUT2D eigenvalue weighted by Crippen LogP contribution is 2.18. The Bertz CT molecular complexity index is 629. The molecule has 3 heterocycles. The van der Waals surface area contributed by atoms with Gasteiger partial charge < -0.3 is 10.2 Å². The normalized spacial score (nSPS) is 14.7. The number of rotatable bonds is 4. The number of nitrogens with one attached hydrogen (secondary N) is 1. The molecule has 0 unspecified atom stereocenters. The summed E-state index contributed by atoms with van der Waals surface area (Å²) in [5.74, 6) is 3.29. The van der Waals surface area contributed by atoms with Crippen molar-refractivity contribution in [2.45, 2.75) is 33.6 Å². The largest absolute Gasteiger partial charge is 0.354 e. The van der Waals surface area contributed by atoms with Crippen LogP contribution >= 0.6 is 0 Å². The van der Waals surface area contributed by atoms with E-state index in [0.29, 0.717) is 23.7 Å². The Balaban J connectivity index is 2.04. The lowest BCUT2D eigenvalue weighted by Gasteiger charge is -2.16. The lowest BCUT2D eigenvalue weighted by atomic mass is 10.4. The summed E-state index contributed by atoms with van der Waals surface area (Å²) < 4.78 is 1.66. The zero-order valence-corrected chi connectivity index (χ0v) is 12.7. The highest BCUT2D eigenvalue weighted by atomic mass is 15.4. The van der Waals surface area contributed by atoms with E-state index in [1.54, 1.807) is 4.68 Å². The predicted molar refractivity (Wildman–Crippen MR) is 79.8 cm³/mol. The molecular weight excluding hydrogens is 268 g/mol. The quantitative estimate of drug-likeness (QED) is 0.901. The van der Waals surface area contributed by atoms with Crippen molar-refractivity contribution in [2.75, 3.05) is 29.9 Å². The molecule has 1 aliphatic rings. The van der Waals surface area contributed by atoms with E-state index in [2.05, 4.69) is 35.3 Å². The topological polar surface area (TPSA) is 84.7 Å². The van der Waals surface area contributed by atoms with Crippen molar-refractivity contribution < 1.29 is 0 Å². The van der Waals surface area contributed by atoms with Crippen molar-refractivity contribution in [3.8, 4) is 5.95 Å². The van der Waals surface area contributed by atoms with Crippen molar-refractivity contribution >= 4 is 11.9 Å². The van der Waals surface area contributed by atoms with Crippen LogP contribution in [0.1, 0.15) is 31.4 Å². The number of aryl methyl sites for hydroxylation is 2. The molecule has 0 atom stereocenters. The van der Waals surface area contributed by atoms with Crippen molar-refractivity contribution in [3.05, 3.63) is 11.6 Å². The second kappa shape index (κ2) is 5.63. The molecule has 1 aliphatic heterocycles. The third kappa shape index (κ3) is 2.79. The molecule has 0 bridgehead atoms. The number of nitrogens with zero attached hydrogens (tertiary/aromatic N) is 7. The van der Waals surface area contributed by atoms with E-state index in [1.165, 1.54) is 12.8 Å². The molecule has 0 saturated carbocycles. The summed E-state index contributed by atoms with van der Waals surface area (Å²) in [5, 5.41) is 7.51. The second-order valence-corrected chi connectivity index (χ2v) is 5.10. The maximum atomic E-state index is 4.57. The van der Waals surface area contributed by atoms with Crippen molar-refractivity contribution in [1.82, 2.24) is 29.7 Å². The first-order valence-corrected chi connectivity index (χ1v) is 7.33. The molecule has 0 aliphatic carbocycles. The Morgan fingerprint density at radius 1 is 1.00 bits per heavy atom. The second-order valence-electron chi connectivity index (χ2n) is 5.10. The molecule has 1 fully saturated rings. The van der Waals surface area contributed by atoms with Gasteiger partial charge in [0.25, 0.3) is 5.95 Å². The standard InChI is InChI=1S/C13H20N8/c1-4-14-11-16-12(20-7-5-6-8-20)18-13(17-11)21-10(3)15-9(2)19-21/h4-8H2,1-3H3,(H,14,16,17,18).